The lowest BCUT2D eigenvalue weighted by Gasteiger charge is -2.23. The number of carbonyl (C=O) groups is 4. The van der Waals surface area contributed by atoms with E-state index in [1.165, 1.54) is 0 Å². The minimum absolute atomic E-state index is 0.206. The van der Waals surface area contributed by atoms with Gasteiger partial charge >= 0.3 is 11.9 Å². The summed E-state index contributed by atoms with van der Waals surface area (Å²) in [4.78, 5) is 45.4. The number of hydrogen-bond acceptors (Lipinski definition) is 6. The first kappa shape index (κ1) is 20.8. The van der Waals surface area contributed by atoms with Crippen LogP contribution in [0, 0.1) is 5.92 Å². The van der Waals surface area contributed by atoms with Gasteiger partial charge in [-0.2, -0.15) is 0 Å². The average molecular weight is 333 g/mol. The molecule has 0 unspecified atom stereocenters. The van der Waals surface area contributed by atoms with Gasteiger partial charge in [0.15, 0.2) is 0 Å². The molecule has 23 heavy (non-hydrogen) atoms. The molecule has 0 aliphatic rings. The van der Waals surface area contributed by atoms with Crippen molar-refractivity contribution in [3.8, 4) is 0 Å². The van der Waals surface area contributed by atoms with E-state index in [2.05, 4.69) is 5.32 Å². The van der Waals surface area contributed by atoms with Gasteiger partial charge in [0.05, 0.1) is 12.6 Å². The normalized spacial score (nSPS) is 14.7. The third-order valence-corrected chi connectivity index (χ3v) is 3.10. The SMILES string of the molecule is CC(C)[C@H](N)C(=O)N[C@@H](CCC(=O)O)C(=O)N[C@@H](CO)C(=O)O. The molecule has 3 atom stereocenters. The maximum atomic E-state index is 12.0. The lowest BCUT2D eigenvalue weighted by Crippen LogP contribution is -2.56. The molecule has 0 saturated heterocycles. The molecule has 0 heterocycles. The van der Waals surface area contributed by atoms with Crippen molar-refractivity contribution in [1.29, 1.82) is 0 Å². The van der Waals surface area contributed by atoms with E-state index in [0.717, 1.165) is 0 Å². The Hall–Kier alpha value is -2.20. The summed E-state index contributed by atoms with van der Waals surface area (Å²) in [6.07, 6.45) is -0.651. The van der Waals surface area contributed by atoms with Gasteiger partial charge in [-0.25, -0.2) is 4.79 Å². The van der Waals surface area contributed by atoms with Gasteiger partial charge in [0.25, 0.3) is 0 Å². The summed E-state index contributed by atoms with van der Waals surface area (Å²) in [6.45, 7) is 2.55. The number of hydrogen-bond donors (Lipinski definition) is 6. The predicted octanol–water partition coefficient (Wildman–Crippen LogP) is -2.12. The number of aliphatic carboxylic acids is 2. The van der Waals surface area contributed by atoms with Crippen LogP contribution in [0.4, 0.5) is 0 Å². The number of carboxylic acids is 2. The van der Waals surface area contributed by atoms with E-state index in [1.54, 1.807) is 13.8 Å². The fraction of sp³-hybridized carbons (Fsp3) is 0.692. The minimum Gasteiger partial charge on any atom is -0.481 e. The van der Waals surface area contributed by atoms with Crippen molar-refractivity contribution in [3.05, 3.63) is 0 Å². The van der Waals surface area contributed by atoms with Crippen LogP contribution in [-0.2, 0) is 19.2 Å². The summed E-state index contributed by atoms with van der Waals surface area (Å²) in [7, 11) is 0. The molecule has 0 aliphatic carbocycles. The van der Waals surface area contributed by atoms with Crippen LogP contribution in [0.3, 0.4) is 0 Å². The first-order chi connectivity index (χ1) is 10.6. The number of aliphatic hydroxyl groups is 1. The van der Waals surface area contributed by atoms with Crippen molar-refractivity contribution in [3.63, 3.8) is 0 Å². The Labute approximate surface area is 133 Å². The summed E-state index contributed by atoms with van der Waals surface area (Å²) >= 11 is 0. The smallest absolute Gasteiger partial charge is 0.328 e. The fourth-order valence-electron chi connectivity index (χ4n) is 1.57. The Morgan fingerprint density at radius 1 is 1.00 bits per heavy atom. The highest BCUT2D eigenvalue weighted by molar-refractivity contribution is 5.92. The summed E-state index contributed by atoms with van der Waals surface area (Å²) in [5.74, 6) is -4.40. The van der Waals surface area contributed by atoms with Crippen LogP contribution in [0.1, 0.15) is 26.7 Å². The number of carboxylic acid groups (broad SMARTS) is 2. The Morgan fingerprint density at radius 3 is 1.91 bits per heavy atom. The van der Waals surface area contributed by atoms with E-state index in [4.69, 9.17) is 21.1 Å². The Kier molecular flexibility index (Phi) is 8.81. The molecule has 10 heteroatoms. The van der Waals surface area contributed by atoms with Crippen LogP contribution in [0.5, 0.6) is 0 Å². The molecule has 0 radical (unpaired) electrons. The second-order valence-electron chi connectivity index (χ2n) is 5.35. The van der Waals surface area contributed by atoms with Crippen molar-refractivity contribution in [2.75, 3.05) is 6.61 Å². The second-order valence-corrected chi connectivity index (χ2v) is 5.35. The van der Waals surface area contributed by atoms with E-state index in [1.807, 2.05) is 5.32 Å². The monoisotopic (exact) mass is 333 g/mol. The highest BCUT2D eigenvalue weighted by Crippen LogP contribution is 2.03. The number of nitrogens with two attached hydrogens (primary N) is 1. The molecule has 0 fully saturated rings. The van der Waals surface area contributed by atoms with Crippen molar-refractivity contribution in [1.82, 2.24) is 10.6 Å². The minimum atomic E-state index is -1.55. The van der Waals surface area contributed by atoms with Crippen LogP contribution < -0.4 is 16.4 Å². The third kappa shape index (κ3) is 7.56. The van der Waals surface area contributed by atoms with Gasteiger partial charge in [-0.05, 0) is 12.3 Å². The summed E-state index contributed by atoms with van der Waals surface area (Å²) in [5, 5.41) is 30.7. The Morgan fingerprint density at radius 2 is 1.52 bits per heavy atom. The molecule has 7 N–H and O–H groups in total. The maximum Gasteiger partial charge on any atom is 0.328 e. The van der Waals surface area contributed by atoms with Crippen LogP contribution in [0.15, 0.2) is 0 Å². The van der Waals surface area contributed by atoms with Crippen molar-refractivity contribution in [2.24, 2.45) is 11.7 Å². The first-order valence-corrected chi connectivity index (χ1v) is 7.01. The van der Waals surface area contributed by atoms with E-state index >= 15 is 0 Å². The van der Waals surface area contributed by atoms with Crippen LogP contribution in [0.2, 0.25) is 0 Å². The predicted molar refractivity (Wildman–Crippen MR) is 78.3 cm³/mol. The van der Waals surface area contributed by atoms with Crippen molar-refractivity contribution in [2.45, 2.75) is 44.8 Å². The van der Waals surface area contributed by atoms with Gasteiger partial charge in [-0.15, -0.1) is 0 Å². The zero-order valence-corrected chi connectivity index (χ0v) is 13.0. The molecule has 0 aromatic rings. The first-order valence-electron chi connectivity index (χ1n) is 7.01. The highest BCUT2D eigenvalue weighted by atomic mass is 16.4. The standard InChI is InChI=1S/C13H23N3O7/c1-6(2)10(14)12(21)15-7(3-4-9(18)19)11(20)16-8(5-17)13(22)23/h6-8,10,17H,3-5,14H2,1-2H3,(H,15,21)(H,16,20)(H,18,19)(H,22,23)/t7-,8-,10-/m0/s1. The van der Waals surface area contributed by atoms with Gasteiger partial charge in [-0.3, -0.25) is 14.4 Å². The zero-order valence-electron chi connectivity index (χ0n) is 13.0. The lowest BCUT2D eigenvalue weighted by molar-refractivity contribution is -0.144. The molecule has 0 aliphatic heterocycles. The Bertz CT molecular complexity index is 453. The maximum absolute atomic E-state index is 12.0. The third-order valence-electron chi connectivity index (χ3n) is 3.10. The largest absolute Gasteiger partial charge is 0.481 e. The fourth-order valence-corrected chi connectivity index (χ4v) is 1.57. The van der Waals surface area contributed by atoms with E-state index in [0.29, 0.717) is 0 Å². The second kappa shape index (κ2) is 9.74. The molecule has 10 nitrogen and oxygen atoms in total. The highest BCUT2D eigenvalue weighted by Gasteiger charge is 2.28. The van der Waals surface area contributed by atoms with Gasteiger partial charge in [0, 0.05) is 6.42 Å². The summed E-state index contributed by atoms with van der Waals surface area (Å²) in [6, 6.07) is -3.72. The lowest BCUT2D eigenvalue weighted by atomic mass is 10.0. The van der Waals surface area contributed by atoms with Gasteiger partial charge in [-0.1, -0.05) is 13.8 Å². The quantitative estimate of drug-likeness (QED) is 0.262. The molecule has 2 amide bonds. The van der Waals surface area contributed by atoms with Crippen LogP contribution >= 0.6 is 0 Å². The average Bonchev–Trinajstić information content (AvgIpc) is 2.46. The van der Waals surface area contributed by atoms with Crippen LogP contribution in [-0.4, -0.2) is 63.8 Å². The van der Waals surface area contributed by atoms with Gasteiger partial charge < -0.3 is 31.7 Å². The number of rotatable bonds is 10. The van der Waals surface area contributed by atoms with E-state index in [9.17, 15) is 19.2 Å². The molecule has 132 valence electrons. The number of nitrogens with one attached hydrogen (secondary N) is 2. The topological polar surface area (TPSA) is 179 Å². The molecule has 0 saturated carbocycles. The molecular formula is C13H23N3O7. The molecular weight excluding hydrogens is 310 g/mol. The van der Waals surface area contributed by atoms with Crippen LogP contribution in [0.25, 0.3) is 0 Å². The van der Waals surface area contributed by atoms with Crippen molar-refractivity contribution >= 4 is 23.8 Å². The Balaban J connectivity index is 4.98. The summed E-state index contributed by atoms with van der Waals surface area (Å²) < 4.78 is 0. The van der Waals surface area contributed by atoms with E-state index in [-0.39, 0.29) is 12.3 Å². The number of aliphatic hydroxyl groups excluding tert-OH is 1. The molecule has 0 aromatic heterocycles. The summed E-state index contributed by atoms with van der Waals surface area (Å²) in [5.41, 5.74) is 5.65. The van der Waals surface area contributed by atoms with Crippen molar-refractivity contribution < 1.29 is 34.5 Å². The van der Waals surface area contributed by atoms with E-state index < -0.39 is 54.9 Å². The number of carbonyl (C=O) groups excluding carboxylic acids is 2. The van der Waals surface area contributed by atoms with Gasteiger partial charge in [0.1, 0.15) is 12.1 Å². The van der Waals surface area contributed by atoms with Gasteiger partial charge in [0.2, 0.25) is 11.8 Å². The molecule has 0 aromatic carbocycles. The molecule has 0 rings (SSSR count). The number of amides is 2. The zero-order chi connectivity index (χ0) is 18.2. The molecule has 0 spiro atoms. The molecule has 0 bridgehead atoms.